The summed E-state index contributed by atoms with van der Waals surface area (Å²) >= 11 is 5.21. The number of rotatable bonds is 2. The third-order valence-corrected chi connectivity index (χ3v) is 1.90. The molecule has 1 nitrogen and oxygen atoms in total. The molecule has 0 aliphatic heterocycles. The molecule has 0 aromatic heterocycles. The standard InChI is InChI=1S/C7H3BClF6O.K/c9-6-2-1-4(16-7(10,11)12)3-5(6)8(13,14)15;/h1-3H;/q-1;+1. The van der Waals surface area contributed by atoms with Gasteiger partial charge in [0, 0.05) is 5.02 Å². The van der Waals surface area contributed by atoms with Crippen LogP contribution in [0.4, 0.5) is 26.1 Å². The van der Waals surface area contributed by atoms with E-state index in [1.54, 1.807) is 0 Å². The molecule has 0 radical (unpaired) electrons. The molecule has 0 aliphatic rings. The zero-order chi connectivity index (χ0) is 12.6. The summed E-state index contributed by atoms with van der Waals surface area (Å²) in [6, 6.07) is 1.63. The Morgan fingerprint density at radius 3 is 2.06 bits per heavy atom. The van der Waals surface area contributed by atoms with Crippen LogP contribution >= 0.6 is 11.6 Å². The Hall–Kier alpha value is 0.591. The van der Waals surface area contributed by atoms with Crippen molar-refractivity contribution >= 4 is 24.0 Å². The first-order chi connectivity index (χ1) is 7.09. The second kappa shape index (κ2) is 6.16. The van der Waals surface area contributed by atoms with Gasteiger partial charge in [0.15, 0.2) is 0 Å². The first kappa shape index (κ1) is 17.6. The average molecular weight is 302 g/mol. The summed E-state index contributed by atoms with van der Waals surface area (Å²) < 4.78 is 75.5. The van der Waals surface area contributed by atoms with Crippen LogP contribution in [0.25, 0.3) is 0 Å². The Morgan fingerprint density at radius 2 is 1.65 bits per heavy atom. The van der Waals surface area contributed by atoms with Crippen LogP contribution in [0, 0.1) is 0 Å². The van der Waals surface area contributed by atoms with Gasteiger partial charge >= 0.3 is 64.7 Å². The van der Waals surface area contributed by atoms with Gasteiger partial charge in [-0.25, -0.2) is 0 Å². The molecule has 0 spiro atoms. The summed E-state index contributed by atoms with van der Waals surface area (Å²) in [5, 5.41) is -0.665. The maximum atomic E-state index is 12.3. The zero-order valence-corrected chi connectivity index (χ0v) is 12.2. The molecule has 1 rings (SSSR count). The monoisotopic (exact) mass is 302 g/mol. The quantitative estimate of drug-likeness (QED) is 0.564. The predicted molar refractivity (Wildman–Crippen MR) is 46.8 cm³/mol. The van der Waals surface area contributed by atoms with Crippen LogP contribution in [0.2, 0.25) is 5.02 Å². The first-order valence-electron chi connectivity index (χ1n) is 3.85. The van der Waals surface area contributed by atoms with E-state index < -0.39 is 29.6 Å². The second-order valence-corrected chi connectivity index (χ2v) is 3.21. The van der Waals surface area contributed by atoms with Gasteiger partial charge in [-0.05, 0) is 18.2 Å². The molecule has 1 aromatic rings. The van der Waals surface area contributed by atoms with Gasteiger partial charge in [0.05, 0.1) is 0 Å². The van der Waals surface area contributed by atoms with Crippen molar-refractivity contribution in [1.29, 1.82) is 0 Å². The van der Waals surface area contributed by atoms with E-state index in [-0.39, 0.29) is 57.5 Å². The minimum atomic E-state index is -5.48. The topological polar surface area (TPSA) is 9.23 Å². The molecule has 0 fully saturated rings. The minimum Gasteiger partial charge on any atom is -0.445 e. The molecule has 0 amide bonds. The number of hydrogen-bond acceptors (Lipinski definition) is 1. The normalized spacial score (nSPS) is 11.9. The van der Waals surface area contributed by atoms with Crippen molar-refractivity contribution in [2.45, 2.75) is 6.36 Å². The van der Waals surface area contributed by atoms with Crippen molar-refractivity contribution in [2.75, 3.05) is 0 Å². The van der Waals surface area contributed by atoms with Crippen molar-refractivity contribution in [3.63, 3.8) is 0 Å². The largest absolute Gasteiger partial charge is 1.00 e. The Bertz CT molecular complexity index is 393. The van der Waals surface area contributed by atoms with Gasteiger partial charge in [0.1, 0.15) is 5.75 Å². The molecule has 0 atom stereocenters. The van der Waals surface area contributed by atoms with Crippen LogP contribution in [0.15, 0.2) is 18.2 Å². The van der Waals surface area contributed by atoms with E-state index in [2.05, 4.69) is 4.74 Å². The summed E-state index contributed by atoms with van der Waals surface area (Å²) in [6.07, 6.45) is -5.04. The van der Waals surface area contributed by atoms with Gasteiger partial charge in [-0.1, -0.05) is 17.1 Å². The van der Waals surface area contributed by atoms with Gasteiger partial charge in [-0.3, -0.25) is 0 Å². The van der Waals surface area contributed by atoms with Gasteiger partial charge < -0.3 is 17.7 Å². The van der Waals surface area contributed by atoms with Crippen LogP contribution in [-0.2, 0) is 0 Å². The van der Waals surface area contributed by atoms with Gasteiger partial charge in [0.2, 0.25) is 0 Å². The molecule has 0 unspecified atom stereocenters. The maximum Gasteiger partial charge on any atom is 1.00 e. The maximum absolute atomic E-state index is 12.3. The fraction of sp³-hybridized carbons (Fsp3) is 0.143. The second-order valence-electron chi connectivity index (χ2n) is 2.81. The molecule has 0 saturated carbocycles. The summed E-state index contributed by atoms with van der Waals surface area (Å²) in [5.74, 6) is -0.953. The fourth-order valence-electron chi connectivity index (χ4n) is 0.970. The third-order valence-electron chi connectivity index (χ3n) is 1.55. The predicted octanol–water partition coefficient (Wildman–Crippen LogP) is 0.297. The molecule has 0 saturated heterocycles. The van der Waals surface area contributed by atoms with Crippen molar-refractivity contribution in [1.82, 2.24) is 0 Å². The molecule has 0 aliphatic carbocycles. The number of alkyl halides is 3. The Kier molecular flexibility index (Phi) is 6.37. The summed E-state index contributed by atoms with van der Waals surface area (Å²) in [4.78, 5) is 0. The van der Waals surface area contributed by atoms with Crippen molar-refractivity contribution in [2.24, 2.45) is 0 Å². The summed E-state index contributed by atoms with van der Waals surface area (Å²) in [5.41, 5.74) is -1.32. The molecule has 10 heteroatoms. The first-order valence-corrected chi connectivity index (χ1v) is 4.22. The molecular weight excluding hydrogens is 299 g/mol. The minimum absolute atomic E-state index is 0. The van der Waals surface area contributed by atoms with Gasteiger partial charge in [0.25, 0.3) is 0 Å². The van der Waals surface area contributed by atoms with Crippen molar-refractivity contribution < 1.29 is 82.2 Å². The van der Waals surface area contributed by atoms with Gasteiger partial charge in [-0.15, -0.1) is 13.2 Å². The molecule has 17 heavy (non-hydrogen) atoms. The zero-order valence-electron chi connectivity index (χ0n) is 8.36. The SMILES string of the molecule is F[B-](F)(F)c1cc(OC(F)(F)F)ccc1Cl.[K+]. The van der Waals surface area contributed by atoms with Crippen LogP contribution in [0.1, 0.15) is 0 Å². The smallest absolute Gasteiger partial charge is 0.445 e. The number of hydrogen-bond donors (Lipinski definition) is 0. The molecular formula is C7H3BClF6KO. The van der Waals surface area contributed by atoms with E-state index in [1.165, 1.54) is 0 Å². The van der Waals surface area contributed by atoms with Crippen molar-refractivity contribution in [3.8, 4) is 5.75 Å². The van der Waals surface area contributed by atoms with Crippen LogP contribution in [0.3, 0.4) is 0 Å². The van der Waals surface area contributed by atoms with Crippen molar-refractivity contribution in [3.05, 3.63) is 23.2 Å². The Balaban J connectivity index is 0.00000256. The van der Waals surface area contributed by atoms with E-state index in [4.69, 9.17) is 11.6 Å². The Morgan fingerprint density at radius 1 is 1.12 bits per heavy atom. The van der Waals surface area contributed by atoms with E-state index in [1.807, 2.05) is 0 Å². The van der Waals surface area contributed by atoms with Crippen LogP contribution in [-0.4, -0.2) is 13.3 Å². The van der Waals surface area contributed by atoms with Gasteiger partial charge in [-0.2, -0.15) is 0 Å². The van der Waals surface area contributed by atoms with E-state index >= 15 is 0 Å². The number of halogens is 7. The van der Waals surface area contributed by atoms with Crippen LogP contribution in [0.5, 0.6) is 5.75 Å². The molecule has 0 heterocycles. The van der Waals surface area contributed by atoms with E-state index in [0.29, 0.717) is 12.1 Å². The molecule has 1 aromatic carbocycles. The fourth-order valence-corrected chi connectivity index (χ4v) is 1.21. The third kappa shape index (κ3) is 5.84. The Labute approximate surface area is 140 Å². The molecule has 0 bridgehead atoms. The summed E-state index contributed by atoms with van der Waals surface area (Å²) in [6.45, 7) is -5.48. The van der Waals surface area contributed by atoms with Crippen LogP contribution < -0.4 is 61.6 Å². The molecule has 0 N–H and O–H groups in total. The number of benzene rings is 1. The molecule has 90 valence electrons. The van der Waals surface area contributed by atoms with E-state index in [9.17, 15) is 26.1 Å². The average Bonchev–Trinajstić information content (AvgIpc) is 2.04. The summed E-state index contributed by atoms with van der Waals surface area (Å²) in [7, 11) is 0. The van der Waals surface area contributed by atoms with E-state index in [0.717, 1.165) is 0 Å². The number of ether oxygens (including phenoxy) is 1.